The van der Waals surface area contributed by atoms with Gasteiger partial charge in [-0.15, -0.1) is 0 Å². The third kappa shape index (κ3) is 3.23. The van der Waals surface area contributed by atoms with Crippen molar-refractivity contribution in [2.24, 2.45) is 5.41 Å². The van der Waals surface area contributed by atoms with Gasteiger partial charge in [0.1, 0.15) is 6.10 Å². The Morgan fingerprint density at radius 2 is 1.88 bits per heavy atom. The fraction of sp³-hybridized carbons (Fsp3) is 0.357. The summed E-state index contributed by atoms with van der Waals surface area (Å²) in [6, 6.07) is 8.98. The Bertz CT molecular complexity index is 360. The highest BCUT2D eigenvalue weighted by atomic mass is 16.5. The topological polar surface area (TPSA) is 26.3 Å². The third-order valence-corrected chi connectivity index (χ3v) is 2.31. The summed E-state index contributed by atoms with van der Waals surface area (Å²) in [6.45, 7) is 9.73. The first kappa shape index (κ1) is 12.5. The molecule has 0 spiro atoms. The number of carbonyl (C=O) groups excluding carboxylic acids is 1. The number of carbonyl (C=O) groups is 1. The van der Waals surface area contributed by atoms with Crippen LogP contribution in [-0.2, 0) is 4.74 Å². The molecule has 0 aromatic heterocycles. The number of ether oxygens (including phenoxy) is 1. The molecule has 0 saturated carbocycles. The van der Waals surface area contributed by atoms with Crippen LogP contribution in [0.4, 0.5) is 0 Å². The second-order valence-electron chi connectivity index (χ2n) is 4.79. The van der Waals surface area contributed by atoms with Crippen molar-refractivity contribution in [3.05, 3.63) is 48.6 Å². The molecule has 1 atom stereocenters. The summed E-state index contributed by atoms with van der Waals surface area (Å²) in [5.41, 5.74) is 0.435. The van der Waals surface area contributed by atoms with Crippen LogP contribution in [0.5, 0.6) is 0 Å². The van der Waals surface area contributed by atoms with E-state index in [1.165, 1.54) is 0 Å². The third-order valence-electron chi connectivity index (χ3n) is 2.31. The molecule has 2 nitrogen and oxygen atoms in total. The lowest BCUT2D eigenvalue weighted by atomic mass is 9.89. The lowest BCUT2D eigenvalue weighted by Crippen LogP contribution is -2.29. The zero-order chi connectivity index (χ0) is 12.2. The molecule has 0 aliphatic rings. The van der Waals surface area contributed by atoms with Gasteiger partial charge < -0.3 is 4.74 Å². The molecule has 86 valence electrons. The van der Waals surface area contributed by atoms with Crippen molar-refractivity contribution in [3.8, 4) is 0 Å². The van der Waals surface area contributed by atoms with E-state index in [1.807, 2.05) is 39.0 Å². The van der Waals surface area contributed by atoms with Crippen LogP contribution in [-0.4, -0.2) is 12.1 Å². The molecular weight excluding hydrogens is 200 g/mol. The van der Waals surface area contributed by atoms with Crippen LogP contribution in [0.25, 0.3) is 0 Å². The molecule has 1 unspecified atom stereocenters. The molecule has 0 saturated heterocycles. The average molecular weight is 218 g/mol. The second kappa shape index (κ2) is 4.97. The molecule has 0 N–H and O–H groups in total. The molecule has 1 aromatic carbocycles. The van der Waals surface area contributed by atoms with Crippen molar-refractivity contribution in [2.75, 3.05) is 0 Å². The lowest BCUT2D eigenvalue weighted by molar-refractivity contribution is 0.0150. The Balaban J connectivity index is 2.75. The fourth-order valence-corrected chi connectivity index (χ4v) is 1.34. The highest BCUT2D eigenvalue weighted by Crippen LogP contribution is 2.23. The predicted molar refractivity (Wildman–Crippen MR) is 65.3 cm³/mol. The van der Waals surface area contributed by atoms with Gasteiger partial charge in [0.05, 0.1) is 5.56 Å². The first-order valence-corrected chi connectivity index (χ1v) is 5.33. The van der Waals surface area contributed by atoms with E-state index in [0.717, 1.165) is 0 Å². The van der Waals surface area contributed by atoms with Crippen LogP contribution in [0.1, 0.15) is 31.1 Å². The molecule has 16 heavy (non-hydrogen) atoms. The van der Waals surface area contributed by atoms with Gasteiger partial charge in [-0.2, -0.15) is 0 Å². The molecule has 0 fully saturated rings. The molecule has 0 radical (unpaired) electrons. The minimum Gasteiger partial charge on any atom is -0.454 e. The molecule has 0 aliphatic carbocycles. The van der Waals surface area contributed by atoms with Crippen LogP contribution in [0.15, 0.2) is 43.0 Å². The quantitative estimate of drug-likeness (QED) is 0.573. The first-order chi connectivity index (χ1) is 7.45. The van der Waals surface area contributed by atoms with Gasteiger partial charge in [-0.1, -0.05) is 51.6 Å². The highest BCUT2D eigenvalue weighted by molar-refractivity contribution is 5.89. The molecule has 1 aromatic rings. The molecule has 0 amide bonds. The lowest BCUT2D eigenvalue weighted by Gasteiger charge is -2.27. The van der Waals surface area contributed by atoms with Gasteiger partial charge in [0.25, 0.3) is 0 Å². The van der Waals surface area contributed by atoms with Crippen LogP contribution in [0, 0.1) is 5.41 Å². The molecule has 0 aliphatic heterocycles. The van der Waals surface area contributed by atoms with Gasteiger partial charge in [0.15, 0.2) is 0 Å². The number of benzene rings is 1. The molecule has 1 rings (SSSR count). The van der Waals surface area contributed by atoms with Gasteiger partial charge >= 0.3 is 5.97 Å². The van der Waals surface area contributed by atoms with Gasteiger partial charge in [-0.25, -0.2) is 4.79 Å². The zero-order valence-corrected chi connectivity index (χ0v) is 10.1. The van der Waals surface area contributed by atoms with E-state index in [0.29, 0.717) is 5.56 Å². The van der Waals surface area contributed by atoms with Crippen LogP contribution in [0.3, 0.4) is 0 Å². The monoisotopic (exact) mass is 218 g/mol. The molecular formula is C14H18O2. The fourth-order valence-electron chi connectivity index (χ4n) is 1.34. The molecule has 0 bridgehead atoms. The number of hydrogen-bond acceptors (Lipinski definition) is 2. The van der Waals surface area contributed by atoms with E-state index < -0.39 is 0 Å². The van der Waals surface area contributed by atoms with Crippen LogP contribution in [0.2, 0.25) is 0 Å². The Morgan fingerprint density at radius 1 is 1.31 bits per heavy atom. The van der Waals surface area contributed by atoms with Crippen molar-refractivity contribution in [3.63, 3.8) is 0 Å². The Hall–Kier alpha value is -1.57. The normalized spacial score (nSPS) is 12.9. The highest BCUT2D eigenvalue weighted by Gasteiger charge is 2.25. The SMILES string of the molecule is C=CC(OC(=O)c1ccccc1)C(C)(C)C. The molecule has 2 heteroatoms. The summed E-state index contributed by atoms with van der Waals surface area (Å²) in [6.07, 6.45) is 1.39. The summed E-state index contributed by atoms with van der Waals surface area (Å²) >= 11 is 0. The Kier molecular flexibility index (Phi) is 3.88. The number of hydrogen-bond donors (Lipinski definition) is 0. The predicted octanol–water partition coefficient (Wildman–Crippen LogP) is 3.44. The van der Waals surface area contributed by atoms with Crippen LogP contribution < -0.4 is 0 Å². The number of rotatable bonds is 3. The molecule has 0 heterocycles. The summed E-state index contributed by atoms with van der Waals surface area (Å²) < 4.78 is 5.39. The minimum absolute atomic E-state index is 0.133. The first-order valence-electron chi connectivity index (χ1n) is 5.33. The second-order valence-corrected chi connectivity index (χ2v) is 4.79. The van der Waals surface area contributed by atoms with E-state index in [-0.39, 0.29) is 17.5 Å². The summed E-state index contributed by atoms with van der Waals surface area (Å²) in [7, 11) is 0. The average Bonchev–Trinajstić information content (AvgIpc) is 2.25. The van der Waals surface area contributed by atoms with Gasteiger partial charge in [-0.3, -0.25) is 0 Å². The summed E-state index contributed by atoms with van der Waals surface area (Å²) in [4.78, 5) is 11.8. The van der Waals surface area contributed by atoms with Gasteiger partial charge in [-0.05, 0) is 12.1 Å². The van der Waals surface area contributed by atoms with E-state index >= 15 is 0 Å². The zero-order valence-electron chi connectivity index (χ0n) is 10.1. The van der Waals surface area contributed by atoms with Crippen molar-refractivity contribution in [2.45, 2.75) is 26.9 Å². The Labute approximate surface area is 96.9 Å². The van der Waals surface area contributed by atoms with Gasteiger partial charge in [0, 0.05) is 5.41 Å². The van der Waals surface area contributed by atoms with Crippen molar-refractivity contribution in [1.82, 2.24) is 0 Å². The van der Waals surface area contributed by atoms with E-state index in [4.69, 9.17) is 4.74 Å². The van der Waals surface area contributed by atoms with Gasteiger partial charge in [0.2, 0.25) is 0 Å². The minimum atomic E-state index is -0.305. The van der Waals surface area contributed by atoms with Crippen molar-refractivity contribution < 1.29 is 9.53 Å². The van der Waals surface area contributed by atoms with Crippen molar-refractivity contribution >= 4 is 5.97 Å². The van der Waals surface area contributed by atoms with E-state index in [1.54, 1.807) is 18.2 Å². The maximum Gasteiger partial charge on any atom is 0.338 e. The Morgan fingerprint density at radius 3 is 2.31 bits per heavy atom. The van der Waals surface area contributed by atoms with E-state index in [2.05, 4.69) is 6.58 Å². The standard InChI is InChI=1S/C14H18O2/c1-5-12(14(2,3)4)16-13(15)11-9-7-6-8-10-11/h5-10,12H,1H2,2-4H3. The largest absolute Gasteiger partial charge is 0.454 e. The maximum absolute atomic E-state index is 11.8. The summed E-state index contributed by atoms with van der Waals surface area (Å²) in [5.74, 6) is -0.305. The summed E-state index contributed by atoms with van der Waals surface area (Å²) in [5, 5.41) is 0. The number of esters is 1. The smallest absolute Gasteiger partial charge is 0.338 e. The van der Waals surface area contributed by atoms with E-state index in [9.17, 15) is 4.79 Å². The maximum atomic E-state index is 11.8. The van der Waals surface area contributed by atoms with Crippen LogP contribution >= 0.6 is 0 Å². The van der Waals surface area contributed by atoms with Crippen molar-refractivity contribution in [1.29, 1.82) is 0 Å².